The van der Waals surface area contributed by atoms with Gasteiger partial charge in [-0.15, -0.1) is 0 Å². The van der Waals surface area contributed by atoms with Crippen molar-refractivity contribution in [2.75, 3.05) is 32.8 Å². The summed E-state index contributed by atoms with van der Waals surface area (Å²) in [4.78, 5) is 72.5. The highest BCUT2D eigenvalue weighted by Gasteiger charge is 2.45. The number of aliphatic hydroxyl groups excluding tert-OH is 2. The fourth-order valence-electron chi connectivity index (χ4n) is 9.20. The Bertz CT molecular complexity index is 2510. The summed E-state index contributed by atoms with van der Waals surface area (Å²) in [6.07, 6.45) is 4.36. The number of rotatable bonds is 6. The zero-order chi connectivity index (χ0) is 42.5. The molecule has 3 fully saturated rings. The van der Waals surface area contributed by atoms with Crippen molar-refractivity contribution in [1.82, 2.24) is 28.9 Å². The first kappa shape index (κ1) is 41.5. The van der Waals surface area contributed by atoms with E-state index in [0.717, 1.165) is 45.6 Å². The van der Waals surface area contributed by atoms with Gasteiger partial charge in [-0.25, -0.2) is 19.4 Å². The van der Waals surface area contributed by atoms with E-state index >= 15 is 0 Å². The van der Waals surface area contributed by atoms with Crippen LogP contribution in [0.15, 0.2) is 44.8 Å². The van der Waals surface area contributed by atoms with Crippen LogP contribution in [0.1, 0.15) is 87.3 Å². The number of halogens is 1. The van der Waals surface area contributed by atoms with Crippen LogP contribution in [0.3, 0.4) is 0 Å². The van der Waals surface area contributed by atoms with Gasteiger partial charge >= 0.3 is 17.8 Å². The number of ether oxygens (including phenoxy) is 3. The van der Waals surface area contributed by atoms with Crippen molar-refractivity contribution in [2.24, 2.45) is 0 Å². The minimum Gasteiger partial charge on any atom is -0.458 e. The number of nitrogens with zero attached hydrogens (tertiary/aromatic N) is 5. The normalized spacial score (nSPS) is 24.0. The van der Waals surface area contributed by atoms with Gasteiger partial charge in [0, 0.05) is 42.1 Å². The van der Waals surface area contributed by atoms with E-state index in [9.17, 15) is 38.6 Å². The molecule has 0 saturated carbocycles. The van der Waals surface area contributed by atoms with Gasteiger partial charge in [0.2, 0.25) is 5.82 Å². The van der Waals surface area contributed by atoms with Gasteiger partial charge in [0.05, 0.1) is 47.9 Å². The maximum atomic E-state index is 13.6. The third-order valence-electron chi connectivity index (χ3n) is 12.6. The number of fused-ring (bicyclic) bond motifs is 5. The second-order valence-corrected chi connectivity index (χ2v) is 16.0. The lowest BCUT2D eigenvalue weighted by Crippen LogP contribution is -2.48. The maximum Gasteiger partial charge on any atom is 0.415 e. The van der Waals surface area contributed by atoms with Gasteiger partial charge in [-0.1, -0.05) is 20.3 Å². The van der Waals surface area contributed by atoms with Gasteiger partial charge in [0.25, 0.3) is 11.1 Å². The Morgan fingerprint density at radius 3 is 2.48 bits per heavy atom. The minimum absolute atomic E-state index is 0.0383. The second-order valence-electron chi connectivity index (χ2n) is 16.0. The number of likely N-dealkylation sites (tertiary alicyclic amines) is 2. The molecule has 0 spiro atoms. The van der Waals surface area contributed by atoms with Crippen LogP contribution in [-0.4, -0.2) is 107 Å². The number of aliphatic hydroxyl groups is 3. The first-order chi connectivity index (χ1) is 28.8. The average Bonchev–Trinajstić information content (AvgIpc) is 3.83. The number of piperidine rings is 2. The third kappa shape index (κ3) is 7.44. The van der Waals surface area contributed by atoms with E-state index in [2.05, 4.69) is 11.8 Å². The molecule has 60 heavy (non-hydrogen) atoms. The van der Waals surface area contributed by atoms with E-state index < -0.39 is 53.7 Å². The molecule has 9 rings (SSSR count). The van der Waals surface area contributed by atoms with E-state index in [0.29, 0.717) is 60.4 Å². The Labute approximate surface area is 342 Å². The molecule has 1 amide bonds. The summed E-state index contributed by atoms with van der Waals surface area (Å²) in [5.74, 6) is -1.38. The summed E-state index contributed by atoms with van der Waals surface area (Å²) >= 11 is 0. The molecule has 0 radical (unpaired) electrons. The number of nitrogens with one attached hydrogen (secondary N) is 1. The number of aryl methyl sites for hydroxylation is 1. The fourth-order valence-corrected chi connectivity index (χ4v) is 9.20. The number of hydrogen-bond acceptors (Lipinski definition) is 13. The van der Waals surface area contributed by atoms with Gasteiger partial charge < -0.3 is 43.9 Å². The highest BCUT2D eigenvalue weighted by molar-refractivity contribution is 5.90. The molecule has 0 bridgehead atoms. The topological polar surface area (TPSA) is 219 Å². The number of aromatic amines is 1. The van der Waals surface area contributed by atoms with Crippen molar-refractivity contribution in [2.45, 2.75) is 108 Å². The van der Waals surface area contributed by atoms with Crippen molar-refractivity contribution in [1.29, 1.82) is 0 Å². The Hall–Kier alpha value is -5.27. The Morgan fingerprint density at radius 2 is 1.80 bits per heavy atom. The molecule has 8 heterocycles. The van der Waals surface area contributed by atoms with E-state index in [1.807, 2.05) is 17.0 Å². The Morgan fingerprint density at radius 1 is 1.05 bits per heavy atom. The first-order valence-electron chi connectivity index (χ1n) is 20.6. The lowest BCUT2D eigenvalue weighted by molar-refractivity contribution is -0.172. The summed E-state index contributed by atoms with van der Waals surface area (Å²) in [6.45, 7) is 7.24. The quantitative estimate of drug-likeness (QED) is 0.181. The van der Waals surface area contributed by atoms with Gasteiger partial charge in [0.1, 0.15) is 24.7 Å². The zero-order valence-corrected chi connectivity index (χ0v) is 33.5. The van der Waals surface area contributed by atoms with Crippen LogP contribution in [0.25, 0.3) is 22.3 Å². The highest BCUT2D eigenvalue weighted by Crippen LogP contribution is 2.41. The molecule has 4 atom stereocenters. The van der Waals surface area contributed by atoms with Crippen molar-refractivity contribution in [3.63, 3.8) is 0 Å². The van der Waals surface area contributed by atoms with E-state index in [1.54, 1.807) is 28.6 Å². The van der Waals surface area contributed by atoms with Crippen molar-refractivity contribution >= 4 is 23.0 Å². The van der Waals surface area contributed by atoms with Crippen LogP contribution in [0.5, 0.6) is 5.75 Å². The summed E-state index contributed by atoms with van der Waals surface area (Å²) in [5, 5.41) is 30.4. The van der Waals surface area contributed by atoms with E-state index in [-0.39, 0.29) is 31.1 Å². The molecule has 5 aliphatic rings. The largest absolute Gasteiger partial charge is 0.458 e. The minimum atomic E-state index is -1.86. The molecule has 320 valence electrons. The average molecular weight is 833 g/mol. The molecule has 18 heteroatoms. The summed E-state index contributed by atoms with van der Waals surface area (Å²) in [7, 11) is 0. The number of cyclic esters (lactones) is 1. The molecule has 3 aromatic heterocycles. The smallest absolute Gasteiger partial charge is 0.415 e. The standard InChI is InChI=1S/C33H38N4O6.C9H11FN2O5/c1-3-22-23-16-21(43-32(40)36-14-10-20(11-15-36)35-12-6-5-7-13-35)8-9-27(23)34-29-24(22)18-37-28(29)17-26-25(30(37)38)19-42-31(39)33(26,41)4-2;10-4-2-12(9(16)11-8(4)15)7-1-5(14)6(3-13)17-7/h8-9,16-17,20,41H,3-7,10-15,18-19H2,1-2H3;2,5-7,13-14H,1,3H2,(H,11,15,16)/t33-;5-,6+,7+/m00/s1. The number of pyridine rings is 2. The summed E-state index contributed by atoms with van der Waals surface area (Å²) in [6, 6.07) is 7.77. The number of H-pyrrole nitrogens is 1. The van der Waals surface area contributed by atoms with Crippen molar-refractivity contribution in [3.05, 3.63) is 89.7 Å². The number of amides is 1. The van der Waals surface area contributed by atoms with Gasteiger partial charge in [0.15, 0.2) is 5.60 Å². The van der Waals surface area contributed by atoms with E-state index in [4.69, 9.17) is 24.3 Å². The van der Waals surface area contributed by atoms with Crippen LogP contribution in [-0.2, 0) is 39.4 Å². The molecule has 4 N–H and O–H groups in total. The van der Waals surface area contributed by atoms with Crippen LogP contribution >= 0.6 is 0 Å². The van der Waals surface area contributed by atoms with Gasteiger partial charge in [-0.05, 0) is 81.4 Å². The molecule has 5 aliphatic heterocycles. The third-order valence-corrected chi connectivity index (χ3v) is 12.6. The molecule has 0 unspecified atom stereocenters. The number of carbonyl (C=O) groups excluding carboxylic acids is 2. The lowest BCUT2D eigenvalue weighted by atomic mass is 9.86. The number of aromatic nitrogens is 4. The maximum absolute atomic E-state index is 13.6. The van der Waals surface area contributed by atoms with E-state index in [1.165, 1.54) is 32.4 Å². The first-order valence-corrected chi connectivity index (χ1v) is 20.6. The van der Waals surface area contributed by atoms with Crippen LogP contribution in [0.4, 0.5) is 9.18 Å². The summed E-state index contributed by atoms with van der Waals surface area (Å²) in [5.41, 5.74) is 0.450. The molecule has 17 nitrogen and oxygen atoms in total. The number of benzene rings is 1. The summed E-state index contributed by atoms with van der Waals surface area (Å²) < 4.78 is 31.7. The lowest BCUT2D eigenvalue weighted by Gasteiger charge is -2.39. The molecule has 3 saturated heterocycles. The van der Waals surface area contributed by atoms with Crippen LogP contribution in [0.2, 0.25) is 0 Å². The molecule has 1 aromatic carbocycles. The number of carbonyl (C=O) groups is 2. The Balaban J connectivity index is 0.000000246. The highest BCUT2D eigenvalue weighted by atomic mass is 19.1. The predicted octanol–water partition coefficient (Wildman–Crippen LogP) is 2.41. The van der Waals surface area contributed by atoms with Gasteiger partial charge in [-0.2, -0.15) is 4.39 Å². The predicted molar refractivity (Wildman–Crippen MR) is 213 cm³/mol. The van der Waals surface area contributed by atoms with Crippen molar-refractivity contribution < 1.29 is 43.5 Å². The molecule has 4 aromatic rings. The monoisotopic (exact) mass is 832 g/mol. The van der Waals surface area contributed by atoms with Crippen molar-refractivity contribution in [3.8, 4) is 17.1 Å². The fraction of sp³-hybridized carbons (Fsp3) is 0.524. The van der Waals surface area contributed by atoms with Crippen LogP contribution < -0.4 is 21.5 Å². The second kappa shape index (κ2) is 16.6. The molecule has 0 aliphatic carbocycles. The number of esters is 1. The molecular formula is C42H49FN6O11. The SMILES string of the molecule is CCc1c2c(nc3ccc(OC(=O)N4CCC(N5CCCCC5)CC4)cc13)-c1cc3c(c(=O)n1C2)COC(=O)[C@]3(O)CC.O=c1[nH]c(=O)n([C@H]2C[C@H](O)[C@@H](CO)O2)cc1F. The zero-order valence-electron chi connectivity index (χ0n) is 33.5. The Kier molecular flexibility index (Phi) is 11.5. The number of hydrogen-bond donors (Lipinski definition) is 4. The van der Waals surface area contributed by atoms with Crippen LogP contribution in [0, 0.1) is 5.82 Å². The molecular weight excluding hydrogens is 783 g/mol. The van der Waals surface area contributed by atoms with Gasteiger partial charge in [-0.3, -0.25) is 19.1 Å².